The maximum atomic E-state index is 12.1. The van der Waals surface area contributed by atoms with Crippen LogP contribution in [0.2, 0.25) is 0 Å². The molecule has 0 fully saturated rings. The van der Waals surface area contributed by atoms with Crippen LogP contribution in [0.4, 0.5) is 5.82 Å². The number of hydrogen-bond donors (Lipinski definition) is 2. The SMILES string of the molecule is CCNc1cc(C(=O)NCCS(=O)CC)cc(CC)n1. The summed E-state index contributed by atoms with van der Waals surface area (Å²) in [6.45, 7) is 7.05. The van der Waals surface area contributed by atoms with Gasteiger partial charge in [-0.25, -0.2) is 4.98 Å². The van der Waals surface area contributed by atoms with Gasteiger partial charge in [0.25, 0.3) is 5.91 Å². The number of aromatic nitrogens is 1. The lowest BCUT2D eigenvalue weighted by molar-refractivity contribution is 0.0956. The van der Waals surface area contributed by atoms with Gasteiger partial charge in [-0.1, -0.05) is 13.8 Å². The second kappa shape index (κ2) is 8.68. The van der Waals surface area contributed by atoms with Gasteiger partial charge in [0.05, 0.1) is 0 Å². The van der Waals surface area contributed by atoms with Crippen molar-refractivity contribution in [2.75, 3.05) is 29.9 Å². The van der Waals surface area contributed by atoms with Crippen molar-refractivity contribution >= 4 is 22.5 Å². The van der Waals surface area contributed by atoms with E-state index in [1.807, 2.05) is 20.8 Å². The Morgan fingerprint density at radius 2 is 2.05 bits per heavy atom. The number of carbonyl (C=O) groups is 1. The van der Waals surface area contributed by atoms with Gasteiger partial charge in [0.15, 0.2) is 0 Å². The van der Waals surface area contributed by atoms with E-state index in [2.05, 4.69) is 15.6 Å². The number of carbonyl (C=O) groups excluding carboxylic acids is 1. The Labute approximate surface area is 123 Å². The number of hydrogen-bond acceptors (Lipinski definition) is 4. The molecule has 0 saturated carbocycles. The van der Waals surface area contributed by atoms with Gasteiger partial charge in [-0.15, -0.1) is 0 Å². The molecule has 6 heteroatoms. The minimum Gasteiger partial charge on any atom is -0.370 e. The lowest BCUT2D eigenvalue weighted by Gasteiger charge is -2.09. The van der Waals surface area contributed by atoms with Gasteiger partial charge in [0.2, 0.25) is 0 Å². The van der Waals surface area contributed by atoms with Crippen LogP contribution in [0.1, 0.15) is 36.8 Å². The monoisotopic (exact) mass is 297 g/mol. The molecule has 0 aromatic carbocycles. The summed E-state index contributed by atoms with van der Waals surface area (Å²) in [6, 6.07) is 3.54. The summed E-state index contributed by atoms with van der Waals surface area (Å²) in [4.78, 5) is 16.5. The van der Waals surface area contributed by atoms with E-state index in [1.54, 1.807) is 12.1 Å². The van der Waals surface area contributed by atoms with E-state index in [1.165, 1.54) is 0 Å². The summed E-state index contributed by atoms with van der Waals surface area (Å²) in [7, 11) is -0.853. The molecule has 112 valence electrons. The Kier molecular flexibility index (Phi) is 7.22. The van der Waals surface area contributed by atoms with Crippen LogP contribution in [0.15, 0.2) is 12.1 Å². The summed E-state index contributed by atoms with van der Waals surface area (Å²) >= 11 is 0. The fourth-order valence-corrected chi connectivity index (χ4v) is 2.31. The summed E-state index contributed by atoms with van der Waals surface area (Å²) in [5, 5.41) is 5.92. The van der Waals surface area contributed by atoms with Crippen molar-refractivity contribution in [3.8, 4) is 0 Å². The van der Waals surface area contributed by atoms with Gasteiger partial charge in [0.1, 0.15) is 5.82 Å². The van der Waals surface area contributed by atoms with E-state index in [0.29, 0.717) is 29.4 Å². The largest absolute Gasteiger partial charge is 0.370 e. The van der Waals surface area contributed by atoms with Crippen molar-refractivity contribution in [1.82, 2.24) is 10.3 Å². The zero-order chi connectivity index (χ0) is 15.0. The quantitative estimate of drug-likeness (QED) is 0.764. The predicted molar refractivity (Wildman–Crippen MR) is 83.7 cm³/mol. The number of rotatable bonds is 8. The van der Waals surface area contributed by atoms with Crippen molar-refractivity contribution in [1.29, 1.82) is 0 Å². The third-order valence-corrected chi connectivity index (χ3v) is 4.10. The minimum absolute atomic E-state index is 0.144. The van der Waals surface area contributed by atoms with Crippen LogP contribution >= 0.6 is 0 Å². The standard InChI is InChI=1S/C14H23N3O2S/c1-4-12-9-11(10-13(17-12)15-5-2)14(18)16-7-8-20(19)6-3/h9-10H,4-8H2,1-3H3,(H,15,17)(H,16,18). The molecular formula is C14H23N3O2S. The number of anilines is 1. The van der Waals surface area contributed by atoms with Crippen molar-refractivity contribution in [3.63, 3.8) is 0 Å². The molecule has 1 amide bonds. The van der Waals surface area contributed by atoms with Crippen molar-refractivity contribution in [3.05, 3.63) is 23.4 Å². The third kappa shape index (κ3) is 5.28. The molecule has 1 aromatic rings. The minimum atomic E-state index is -0.853. The highest BCUT2D eigenvalue weighted by Gasteiger charge is 2.09. The first kappa shape index (κ1) is 16.6. The second-order valence-corrected chi connectivity index (χ2v) is 6.17. The number of amides is 1. The van der Waals surface area contributed by atoms with E-state index in [-0.39, 0.29) is 5.91 Å². The van der Waals surface area contributed by atoms with Crippen LogP contribution in [0, 0.1) is 0 Å². The molecule has 0 aliphatic heterocycles. The number of aryl methyl sites for hydroxylation is 1. The van der Waals surface area contributed by atoms with Crippen molar-refractivity contribution in [2.45, 2.75) is 27.2 Å². The molecule has 1 unspecified atom stereocenters. The molecule has 1 heterocycles. The Morgan fingerprint density at radius 3 is 2.65 bits per heavy atom. The van der Waals surface area contributed by atoms with Gasteiger partial charge >= 0.3 is 0 Å². The molecule has 1 aromatic heterocycles. The van der Waals surface area contributed by atoms with Gasteiger partial charge in [-0.05, 0) is 25.5 Å². The molecule has 1 rings (SSSR count). The fourth-order valence-electron chi connectivity index (χ4n) is 1.70. The van der Waals surface area contributed by atoms with Gasteiger partial charge in [-0.2, -0.15) is 0 Å². The summed E-state index contributed by atoms with van der Waals surface area (Å²) in [6.07, 6.45) is 0.777. The third-order valence-electron chi connectivity index (χ3n) is 2.80. The van der Waals surface area contributed by atoms with Crippen LogP contribution in [0.3, 0.4) is 0 Å². The van der Waals surface area contributed by atoms with Crippen LogP contribution < -0.4 is 10.6 Å². The number of pyridine rings is 1. The second-order valence-electron chi connectivity index (χ2n) is 4.30. The lowest BCUT2D eigenvalue weighted by atomic mass is 10.2. The van der Waals surface area contributed by atoms with Crippen LogP contribution in [-0.2, 0) is 17.2 Å². The molecule has 20 heavy (non-hydrogen) atoms. The first-order valence-electron chi connectivity index (χ1n) is 6.98. The highest BCUT2D eigenvalue weighted by Crippen LogP contribution is 2.11. The molecule has 0 bridgehead atoms. The first-order chi connectivity index (χ1) is 9.60. The van der Waals surface area contributed by atoms with E-state index >= 15 is 0 Å². The Morgan fingerprint density at radius 1 is 1.30 bits per heavy atom. The zero-order valence-corrected chi connectivity index (χ0v) is 13.2. The summed E-state index contributed by atoms with van der Waals surface area (Å²) in [5.41, 5.74) is 1.47. The van der Waals surface area contributed by atoms with Crippen molar-refractivity contribution < 1.29 is 9.00 Å². The maximum Gasteiger partial charge on any atom is 0.251 e. The highest BCUT2D eigenvalue weighted by atomic mass is 32.2. The van der Waals surface area contributed by atoms with Crippen molar-refractivity contribution in [2.24, 2.45) is 0 Å². The van der Waals surface area contributed by atoms with E-state index in [0.717, 1.165) is 18.7 Å². The molecule has 0 radical (unpaired) electrons. The Balaban J connectivity index is 2.71. The maximum absolute atomic E-state index is 12.1. The molecule has 0 spiro atoms. The topological polar surface area (TPSA) is 71.1 Å². The zero-order valence-electron chi connectivity index (χ0n) is 12.4. The Hall–Kier alpha value is -1.43. The molecule has 0 aliphatic rings. The normalized spacial score (nSPS) is 11.9. The Bertz CT molecular complexity index is 477. The molecule has 0 saturated heterocycles. The molecule has 1 atom stereocenters. The van der Waals surface area contributed by atoms with E-state index in [9.17, 15) is 9.00 Å². The number of nitrogens with zero attached hydrogens (tertiary/aromatic N) is 1. The van der Waals surface area contributed by atoms with Crippen LogP contribution in [0.25, 0.3) is 0 Å². The molecule has 5 nitrogen and oxygen atoms in total. The van der Waals surface area contributed by atoms with E-state index in [4.69, 9.17) is 0 Å². The smallest absolute Gasteiger partial charge is 0.251 e. The molecular weight excluding hydrogens is 274 g/mol. The molecule has 0 aliphatic carbocycles. The van der Waals surface area contributed by atoms with Crippen LogP contribution in [0.5, 0.6) is 0 Å². The fraction of sp³-hybridized carbons (Fsp3) is 0.571. The van der Waals surface area contributed by atoms with Gasteiger partial charge in [-0.3, -0.25) is 9.00 Å². The molecule has 2 N–H and O–H groups in total. The average molecular weight is 297 g/mol. The predicted octanol–water partition coefficient (Wildman–Crippen LogP) is 1.57. The average Bonchev–Trinajstić information content (AvgIpc) is 2.46. The lowest BCUT2D eigenvalue weighted by Crippen LogP contribution is -2.28. The van der Waals surface area contributed by atoms with Gasteiger partial charge in [0, 0.05) is 46.7 Å². The first-order valence-corrected chi connectivity index (χ1v) is 8.47. The van der Waals surface area contributed by atoms with Crippen LogP contribution in [-0.4, -0.2) is 39.7 Å². The highest BCUT2D eigenvalue weighted by molar-refractivity contribution is 7.84. The van der Waals surface area contributed by atoms with Gasteiger partial charge < -0.3 is 10.6 Å². The summed E-state index contributed by atoms with van der Waals surface area (Å²) < 4.78 is 11.3. The number of nitrogens with one attached hydrogen (secondary N) is 2. The summed E-state index contributed by atoms with van der Waals surface area (Å²) in [5.74, 6) is 1.69. The van der Waals surface area contributed by atoms with E-state index < -0.39 is 10.8 Å².